The van der Waals surface area contributed by atoms with Crippen LogP contribution >= 0.6 is 0 Å². The van der Waals surface area contributed by atoms with E-state index in [1.165, 1.54) is 0 Å². The Morgan fingerprint density at radius 3 is 2.67 bits per heavy atom. The minimum absolute atomic E-state index is 0.0248. The Kier molecular flexibility index (Phi) is 4.85. The fraction of sp³-hybridized carbons (Fsp3) is 0.571. The average molecular weight is 292 g/mol. The van der Waals surface area contributed by atoms with Crippen molar-refractivity contribution in [2.24, 2.45) is 0 Å². The molecule has 1 aliphatic heterocycles. The van der Waals surface area contributed by atoms with E-state index in [1.54, 1.807) is 24.8 Å². The molecule has 1 saturated heterocycles. The maximum Gasteiger partial charge on any atom is 0.317 e. The SMILES string of the molecule is Cc1cc(C(=O)N2CCCN(CC(=O)O)CC2)c(C)nn1. The van der Waals surface area contributed by atoms with Crippen LogP contribution in [-0.2, 0) is 4.79 Å². The van der Waals surface area contributed by atoms with Crippen LogP contribution in [0.1, 0.15) is 28.2 Å². The Morgan fingerprint density at radius 1 is 1.19 bits per heavy atom. The highest BCUT2D eigenvalue weighted by Gasteiger charge is 2.22. The lowest BCUT2D eigenvalue weighted by Crippen LogP contribution is -2.37. The highest BCUT2D eigenvalue weighted by Crippen LogP contribution is 2.12. The number of aryl methyl sites for hydroxylation is 2. The second-order valence-electron chi connectivity index (χ2n) is 5.30. The number of hydrogen-bond donors (Lipinski definition) is 1. The van der Waals surface area contributed by atoms with E-state index in [1.807, 2.05) is 4.90 Å². The third-order valence-electron chi connectivity index (χ3n) is 3.57. The topological polar surface area (TPSA) is 86.6 Å². The van der Waals surface area contributed by atoms with Crippen LogP contribution in [0.4, 0.5) is 0 Å². The van der Waals surface area contributed by atoms with Gasteiger partial charge in [-0.3, -0.25) is 14.5 Å². The maximum absolute atomic E-state index is 12.6. The van der Waals surface area contributed by atoms with Gasteiger partial charge in [0.05, 0.1) is 23.5 Å². The van der Waals surface area contributed by atoms with Crippen LogP contribution < -0.4 is 0 Å². The van der Waals surface area contributed by atoms with Crippen molar-refractivity contribution >= 4 is 11.9 Å². The number of aliphatic carboxylic acids is 1. The predicted molar refractivity (Wildman–Crippen MR) is 76.1 cm³/mol. The van der Waals surface area contributed by atoms with Crippen LogP contribution in [-0.4, -0.2) is 69.7 Å². The second kappa shape index (κ2) is 6.62. The normalized spacial score (nSPS) is 16.6. The summed E-state index contributed by atoms with van der Waals surface area (Å²) in [6.07, 6.45) is 0.773. The largest absolute Gasteiger partial charge is 0.480 e. The smallest absolute Gasteiger partial charge is 0.317 e. The zero-order chi connectivity index (χ0) is 15.4. The Balaban J connectivity index is 2.06. The van der Waals surface area contributed by atoms with E-state index in [4.69, 9.17) is 5.11 Å². The van der Waals surface area contributed by atoms with Gasteiger partial charge in [0, 0.05) is 26.2 Å². The molecule has 0 aromatic carbocycles. The number of carboxylic acid groups (broad SMARTS) is 1. The van der Waals surface area contributed by atoms with Crippen molar-refractivity contribution in [3.05, 3.63) is 23.0 Å². The summed E-state index contributed by atoms with van der Waals surface area (Å²) in [6.45, 7) is 6.05. The highest BCUT2D eigenvalue weighted by molar-refractivity contribution is 5.95. The van der Waals surface area contributed by atoms with E-state index in [-0.39, 0.29) is 12.5 Å². The highest BCUT2D eigenvalue weighted by atomic mass is 16.4. The lowest BCUT2D eigenvalue weighted by atomic mass is 10.1. The van der Waals surface area contributed by atoms with E-state index in [0.717, 1.165) is 6.42 Å². The van der Waals surface area contributed by atoms with E-state index < -0.39 is 5.97 Å². The Bertz CT molecular complexity index is 547. The van der Waals surface area contributed by atoms with Crippen LogP contribution in [0.3, 0.4) is 0 Å². The Hall–Kier alpha value is -2.02. The molecule has 7 heteroatoms. The number of amides is 1. The van der Waals surface area contributed by atoms with Crippen molar-refractivity contribution in [3.63, 3.8) is 0 Å². The number of nitrogens with zero attached hydrogens (tertiary/aromatic N) is 4. The zero-order valence-corrected chi connectivity index (χ0v) is 12.4. The molecule has 0 radical (unpaired) electrons. The number of aromatic nitrogens is 2. The standard InChI is InChI=1S/C14H20N4O3/c1-10-8-12(11(2)16-15-10)14(21)18-5-3-4-17(6-7-18)9-13(19)20/h8H,3-7,9H2,1-2H3,(H,19,20). The molecule has 1 N–H and O–H groups in total. The minimum atomic E-state index is -0.834. The average Bonchev–Trinajstić information content (AvgIpc) is 2.66. The van der Waals surface area contributed by atoms with E-state index >= 15 is 0 Å². The predicted octanol–water partition coefficient (Wildman–Crippen LogP) is 0.326. The Labute approximate surface area is 123 Å². The molecular weight excluding hydrogens is 272 g/mol. The van der Waals surface area contributed by atoms with Crippen molar-refractivity contribution in [3.8, 4) is 0 Å². The molecule has 1 aromatic heterocycles. The van der Waals surface area contributed by atoms with E-state index in [0.29, 0.717) is 43.1 Å². The summed E-state index contributed by atoms with van der Waals surface area (Å²) in [6, 6.07) is 1.75. The summed E-state index contributed by atoms with van der Waals surface area (Å²) in [5.41, 5.74) is 1.91. The first-order valence-corrected chi connectivity index (χ1v) is 7.01. The summed E-state index contributed by atoms with van der Waals surface area (Å²) < 4.78 is 0. The van der Waals surface area contributed by atoms with Gasteiger partial charge >= 0.3 is 5.97 Å². The fourth-order valence-electron chi connectivity index (χ4n) is 2.46. The summed E-state index contributed by atoms with van der Waals surface area (Å²) in [7, 11) is 0. The third kappa shape index (κ3) is 3.98. The molecule has 0 bridgehead atoms. The molecule has 1 amide bonds. The summed E-state index contributed by atoms with van der Waals surface area (Å²) in [4.78, 5) is 27.0. The van der Waals surface area contributed by atoms with Crippen LogP contribution in [0.5, 0.6) is 0 Å². The first-order chi connectivity index (χ1) is 9.97. The molecule has 114 valence electrons. The van der Waals surface area contributed by atoms with Crippen molar-refractivity contribution in [2.75, 3.05) is 32.7 Å². The van der Waals surface area contributed by atoms with Gasteiger partial charge in [0.2, 0.25) is 0 Å². The lowest BCUT2D eigenvalue weighted by molar-refractivity contribution is -0.138. The van der Waals surface area contributed by atoms with Crippen molar-refractivity contribution < 1.29 is 14.7 Å². The fourth-order valence-corrected chi connectivity index (χ4v) is 2.46. The molecule has 21 heavy (non-hydrogen) atoms. The van der Waals surface area contributed by atoms with Crippen molar-refractivity contribution in [1.82, 2.24) is 20.0 Å². The number of hydrogen-bond acceptors (Lipinski definition) is 5. The van der Waals surface area contributed by atoms with Gasteiger partial charge in [-0.1, -0.05) is 0 Å². The maximum atomic E-state index is 12.6. The van der Waals surface area contributed by atoms with Gasteiger partial charge in [0.1, 0.15) is 0 Å². The molecule has 0 saturated carbocycles. The molecule has 2 rings (SSSR count). The molecule has 1 fully saturated rings. The molecule has 0 unspecified atom stereocenters. The molecule has 0 aliphatic carbocycles. The second-order valence-corrected chi connectivity index (χ2v) is 5.30. The first-order valence-electron chi connectivity index (χ1n) is 7.01. The molecule has 0 spiro atoms. The molecule has 1 aromatic rings. The number of carbonyl (C=O) groups is 2. The van der Waals surface area contributed by atoms with Gasteiger partial charge in [-0.05, 0) is 26.3 Å². The van der Waals surface area contributed by atoms with E-state index in [2.05, 4.69) is 10.2 Å². The first kappa shape index (κ1) is 15.4. The van der Waals surface area contributed by atoms with Gasteiger partial charge in [0.15, 0.2) is 0 Å². The monoisotopic (exact) mass is 292 g/mol. The van der Waals surface area contributed by atoms with E-state index in [9.17, 15) is 9.59 Å². The molecule has 2 heterocycles. The number of carbonyl (C=O) groups excluding carboxylic acids is 1. The molecule has 1 aliphatic rings. The summed E-state index contributed by atoms with van der Waals surface area (Å²) in [5, 5.41) is 16.8. The number of carboxylic acids is 1. The van der Waals surface area contributed by atoms with Crippen LogP contribution in [0.25, 0.3) is 0 Å². The van der Waals surface area contributed by atoms with Crippen LogP contribution in [0.2, 0.25) is 0 Å². The zero-order valence-electron chi connectivity index (χ0n) is 12.4. The summed E-state index contributed by atoms with van der Waals surface area (Å²) in [5.74, 6) is -0.887. The quantitative estimate of drug-likeness (QED) is 0.863. The number of rotatable bonds is 3. The van der Waals surface area contributed by atoms with Crippen molar-refractivity contribution in [1.29, 1.82) is 0 Å². The molecule has 7 nitrogen and oxygen atoms in total. The van der Waals surface area contributed by atoms with Crippen molar-refractivity contribution in [2.45, 2.75) is 20.3 Å². The van der Waals surface area contributed by atoms with Gasteiger partial charge < -0.3 is 10.0 Å². The Morgan fingerprint density at radius 2 is 1.95 bits per heavy atom. The van der Waals surface area contributed by atoms with Gasteiger partial charge in [-0.15, -0.1) is 0 Å². The van der Waals surface area contributed by atoms with Crippen LogP contribution in [0.15, 0.2) is 6.07 Å². The molecular formula is C14H20N4O3. The van der Waals surface area contributed by atoms with Gasteiger partial charge in [-0.25, -0.2) is 0 Å². The lowest BCUT2D eigenvalue weighted by Gasteiger charge is -2.21. The van der Waals surface area contributed by atoms with Crippen LogP contribution in [0, 0.1) is 13.8 Å². The van der Waals surface area contributed by atoms with Gasteiger partial charge in [-0.2, -0.15) is 10.2 Å². The minimum Gasteiger partial charge on any atom is -0.480 e. The summed E-state index contributed by atoms with van der Waals surface area (Å²) >= 11 is 0. The third-order valence-corrected chi connectivity index (χ3v) is 3.57. The van der Waals surface area contributed by atoms with Gasteiger partial charge in [0.25, 0.3) is 5.91 Å². The molecule has 0 atom stereocenters.